The lowest BCUT2D eigenvalue weighted by molar-refractivity contribution is 0.678. The van der Waals surface area contributed by atoms with E-state index in [0.29, 0.717) is 0 Å². The number of aryl methyl sites for hydroxylation is 1. The molecule has 0 atom stereocenters. The minimum absolute atomic E-state index is 0.778. The fourth-order valence-electron chi connectivity index (χ4n) is 2.10. The largest absolute Gasteiger partial charge is 0.347 e. The number of nitrogens with one attached hydrogen (secondary N) is 1. The van der Waals surface area contributed by atoms with E-state index >= 15 is 0 Å². The first-order valence-corrected chi connectivity index (χ1v) is 8.42. The maximum atomic E-state index is 6.03. The van der Waals surface area contributed by atoms with E-state index < -0.39 is 0 Å². The minimum atomic E-state index is 0.778. The molecule has 0 unspecified atom stereocenters. The molecule has 114 valence electrons. The molecule has 0 aliphatic rings. The van der Waals surface area contributed by atoms with Crippen LogP contribution in [0.4, 0.5) is 5.13 Å². The van der Waals surface area contributed by atoms with Crippen LogP contribution in [0.25, 0.3) is 0 Å². The van der Waals surface area contributed by atoms with Crippen molar-refractivity contribution in [1.82, 2.24) is 10.3 Å². The molecule has 1 heterocycles. The highest BCUT2D eigenvalue weighted by molar-refractivity contribution is 7.15. The number of anilines is 1. The Morgan fingerprint density at radius 1 is 1.38 bits per heavy atom. The van der Waals surface area contributed by atoms with E-state index in [0.717, 1.165) is 41.9 Å². The molecule has 0 saturated heterocycles. The van der Waals surface area contributed by atoms with Crippen molar-refractivity contribution in [3.63, 3.8) is 0 Å². The Morgan fingerprint density at radius 2 is 2.19 bits per heavy atom. The van der Waals surface area contributed by atoms with Crippen LogP contribution in [0, 0.1) is 6.92 Å². The summed E-state index contributed by atoms with van der Waals surface area (Å²) in [4.78, 5) is 8.17. The summed E-state index contributed by atoms with van der Waals surface area (Å²) in [7, 11) is 2.07. The zero-order valence-corrected chi connectivity index (χ0v) is 14.4. The van der Waals surface area contributed by atoms with Crippen molar-refractivity contribution in [2.45, 2.75) is 33.4 Å². The van der Waals surface area contributed by atoms with E-state index in [1.54, 1.807) is 11.3 Å². The monoisotopic (exact) mass is 323 g/mol. The lowest BCUT2D eigenvalue weighted by atomic mass is 10.2. The van der Waals surface area contributed by atoms with E-state index in [1.165, 1.54) is 10.4 Å². The van der Waals surface area contributed by atoms with E-state index in [2.05, 4.69) is 42.2 Å². The molecule has 0 aliphatic carbocycles. The van der Waals surface area contributed by atoms with Gasteiger partial charge in [0.15, 0.2) is 5.13 Å². The third-order valence-corrected chi connectivity index (χ3v) is 4.74. The summed E-state index contributed by atoms with van der Waals surface area (Å²) < 4.78 is 0. The molecule has 1 N–H and O–H groups in total. The van der Waals surface area contributed by atoms with Crippen LogP contribution in [-0.2, 0) is 13.1 Å². The van der Waals surface area contributed by atoms with Crippen LogP contribution in [0.2, 0.25) is 5.02 Å². The summed E-state index contributed by atoms with van der Waals surface area (Å²) in [5, 5.41) is 5.27. The third-order valence-electron chi connectivity index (χ3n) is 3.23. The molecule has 1 aromatic heterocycles. The molecule has 2 aromatic rings. The van der Waals surface area contributed by atoms with Crippen LogP contribution in [0.3, 0.4) is 0 Å². The topological polar surface area (TPSA) is 28.2 Å². The number of halogens is 1. The van der Waals surface area contributed by atoms with Crippen molar-refractivity contribution >= 4 is 28.1 Å². The Morgan fingerprint density at radius 3 is 2.90 bits per heavy atom. The summed E-state index contributed by atoms with van der Waals surface area (Å²) in [6.45, 7) is 7.02. The summed E-state index contributed by atoms with van der Waals surface area (Å²) >= 11 is 7.80. The van der Waals surface area contributed by atoms with Gasteiger partial charge in [-0.1, -0.05) is 30.7 Å². The van der Waals surface area contributed by atoms with Crippen molar-refractivity contribution in [2.75, 3.05) is 18.5 Å². The van der Waals surface area contributed by atoms with Crippen molar-refractivity contribution in [3.05, 3.63) is 45.4 Å². The minimum Gasteiger partial charge on any atom is -0.347 e. The molecule has 2 rings (SSSR count). The number of rotatable bonds is 7. The molecular formula is C16H22ClN3S. The van der Waals surface area contributed by atoms with Gasteiger partial charge in [-0.2, -0.15) is 0 Å². The van der Waals surface area contributed by atoms with E-state index in [9.17, 15) is 0 Å². The number of hydrogen-bond donors (Lipinski definition) is 1. The molecule has 3 nitrogen and oxygen atoms in total. The molecule has 0 saturated carbocycles. The van der Waals surface area contributed by atoms with Gasteiger partial charge in [-0.25, -0.2) is 4.98 Å². The Balaban J connectivity index is 2.02. The van der Waals surface area contributed by atoms with Gasteiger partial charge in [-0.15, -0.1) is 11.3 Å². The summed E-state index contributed by atoms with van der Waals surface area (Å²) in [5.74, 6) is 0. The predicted molar refractivity (Wildman–Crippen MR) is 92.4 cm³/mol. The van der Waals surface area contributed by atoms with Gasteiger partial charge in [-0.3, -0.25) is 0 Å². The van der Waals surface area contributed by atoms with Gasteiger partial charge in [0.2, 0.25) is 0 Å². The first-order valence-electron chi connectivity index (χ1n) is 7.22. The van der Waals surface area contributed by atoms with Crippen LogP contribution >= 0.6 is 22.9 Å². The lowest BCUT2D eigenvalue weighted by Crippen LogP contribution is -2.16. The molecule has 0 amide bonds. The fourth-order valence-corrected chi connectivity index (χ4v) is 3.30. The highest BCUT2D eigenvalue weighted by atomic mass is 35.5. The number of thiazole rings is 1. The first-order chi connectivity index (χ1) is 10.1. The normalized spacial score (nSPS) is 10.9. The van der Waals surface area contributed by atoms with Gasteiger partial charge >= 0.3 is 0 Å². The number of hydrogen-bond acceptors (Lipinski definition) is 4. The molecule has 0 aliphatic heterocycles. The zero-order chi connectivity index (χ0) is 15.2. The predicted octanol–water partition coefficient (Wildman–Crippen LogP) is 4.24. The standard InChI is InChI=1S/C16H22ClN3S/c1-4-8-18-10-15-12(2)19-16(21-15)20(3)11-13-6-5-7-14(17)9-13/h5-7,9,18H,4,8,10-11H2,1-3H3. The second kappa shape index (κ2) is 7.78. The number of aromatic nitrogens is 1. The number of benzene rings is 1. The van der Waals surface area contributed by atoms with Crippen molar-refractivity contribution in [1.29, 1.82) is 0 Å². The maximum Gasteiger partial charge on any atom is 0.185 e. The van der Waals surface area contributed by atoms with Crippen LogP contribution in [0.15, 0.2) is 24.3 Å². The average Bonchev–Trinajstić information content (AvgIpc) is 2.81. The van der Waals surface area contributed by atoms with Gasteiger partial charge in [0.25, 0.3) is 0 Å². The highest BCUT2D eigenvalue weighted by Gasteiger charge is 2.11. The quantitative estimate of drug-likeness (QED) is 0.772. The van der Waals surface area contributed by atoms with E-state index in [1.807, 2.05) is 18.2 Å². The molecule has 21 heavy (non-hydrogen) atoms. The summed E-state index contributed by atoms with van der Waals surface area (Å²) in [6.07, 6.45) is 1.15. The Hall–Kier alpha value is -1.10. The molecule has 0 radical (unpaired) electrons. The second-order valence-electron chi connectivity index (χ2n) is 5.17. The Bertz CT molecular complexity index is 583. The molecule has 0 fully saturated rings. The Kier molecular flexibility index (Phi) is 6.03. The zero-order valence-electron chi connectivity index (χ0n) is 12.8. The average molecular weight is 324 g/mol. The van der Waals surface area contributed by atoms with E-state index in [-0.39, 0.29) is 0 Å². The molecule has 0 spiro atoms. The number of nitrogens with zero attached hydrogens (tertiary/aromatic N) is 2. The summed E-state index contributed by atoms with van der Waals surface area (Å²) in [6, 6.07) is 7.98. The van der Waals surface area contributed by atoms with Crippen molar-refractivity contribution in [3.8, 4) is 0 Å². The third kappa shape index (κ3) is 4.70. The van der Waals surface area contributed by atoms with Crippen LogP contribution in [0.1, 0.15) is 29.5 Å². The van der Waals surface area contributed by atoms with Gasteiger partial charge < -0.3 is 10.2 Å². The van der Waals surface area contributed by atoms with E-state index in [4.69, 9.17) is 11.6 Å². The first kappa shape index (κ1) is 16.3. The maximum absolute atomic E-state index is 6.03. The van der Waals surface area contributed by atoms with Crippen molar-refractivity contribution < 1.29 is 0 Å². The van der Waals surface area contributed by atoms with Crippen LogP contribution < -0.4 is 10.2 Å². The van der Waals surface area contributed by atoms with Crippen molar-refractivity contribution in [2.24, 2.45) is 0 Å². The van der Waals surface area contributed by atoms with Crippen LogP contribution in [0.5, 0.6) is 0 Å². The summed E-state index contributed by atoms with van der Waals surface area (Å²) in [5.41, 5.74) is 2.32. The van der Waals surface area contributed by atoms with Gasteiger partial charge in [-0.05, 0) is 37.6 Å². The van der Waals surface area contributed by atoms with Crippen LogP contribution in [-0.4, -0.2) is 18.6 Å². The second-order valence-corrected chi connectivity index (χ2v) is 6.67. The molecular weight excluding hydrogens is 302 g/mol. The smallest absolute Gasteiger partial charge is 0.185 e. The SMILES string of the molecule is CCCNCc1sc(N(C)Cc2cccc(Cl)c2)nc1C. The fraction of sp³-hybridized carbons (Fsp3) is 0.438. The van der Waals surface area contributed by atoms with Gasteiger partial charge in [0, 0.05) is 30.0 Å². The molecule has 1 aromatic carbocycles. The molecule has 5 heteroatoms. The van der Waals surface area contributed by atoms with Gasteiger partial charge in [0.1, 0.15) is 0 Å². The lowest BCUT2D eigenvalue weighted by Gasteiger charge is -2.15. The van der Waals surface area contributed by atoms with Gasteiger partial charge in [0.05, 0.1) is 5.69 Å². The Labute approximate surface area is 136 Å². The highest BCUT2D eigenvalue weighted by Crippen LogP contribution is 2.26. The molecule has 0 bridgehead atoms.